The molecule has 0 fully saturated rings. The first-order valence-corrected chi connectivity index (χ1v) is 11.1. The van der Waals surface area contributed by atoms with Crippen molar-refractivity contribution in [1.29, 1.82) is 0 Å². The zero-order chi connectivity index (χ0) is 25.2. The molecule has 5 aromatic rings. The largest absolute Gasteiger partial charge is 0.493 e. The molecular weight excluding hydrogens is 461 g/mol. The van der Waals surface area contributed by atoms with Crippen LogP contribution in [0.1, 0.15) is 5.56 Å². The van der Waals surface area contributed by atoms with E-state index in [0.717, 1.165) is 5.56 Å². The Hall–Kier alpha value is -4.72. The van der Waals surface area contributed by atoms with E-state index >= 15 is 4.39 Å². The van der Waals surface area contributed by atoms with Gasteiger partial charge in [0.05, 0.1) is 31.0 Å². The van der Waals surface area contributed by atoms with E-state index in [1.165, 1.54) is 36.3 Å². The van der Waals surface area contributed by atoms with E-state index in [4.69, 9.17) is 14.2 Å². The summed E-state index contributed by atoms with van der Waals surface area (Å²) < 4.78 is 33.2. The Morgan fingerprint density at radius 1 is 0.861 bits per heavy atom. The summed E-state index contributed by atoms with van der Waals surface area (Å²) in [4.78, 5) is 21.7. The van der Waals surface area contributed by atoms with Crippen molar-refractivity contribution in [3.05, 3.63) is 101 Å². The molecule has 0 bridgehead atoms. The lowest BCUT2D eigenvalue weighted by atomic mass is 10.1. The van der Waals surface area contributed by atoms with Gasteiger partial charge >= 0.3 is 0 Å². The number of methoxy groups -OCH3 is 2. The number of hydrogen-bond acceptors (Lipinski definition) is 6. The molecule has 0 saturated carbocycles. The molecule has 8 heteroatoms. The molecule has 0 N–H and O–H groups in total. The summed E-state index contributed by atoms with van der Waals surface area (Å²) in [5.41, 5.74) is 2.72. The Labute approximate surface area is 206 Å². The summed E-state index contributed by atoms with van der Waals surface area (Å²) in [5.74, 6) is 0.806. The Balaban J connectivity index is 1.50. The minimum absolute atomic E-state index is 0.00350. The van der Waals surface area contributed by atoms with Crippen molar-refractivity contribution in [3.8, 4) is 39.8 Å². The first-order valence-electron chi connectivity index (χ1n) is 11.1. The highest BCUT2D eigenvalue weighted by Gasteiger charge is 2.15. The number of pyridine rings is 1. The summed E-state index contributed by atoms with van der Waals surface area (Å²) in [7, 11) is 3.07. The smallest absolute Gasteiger partial charge is 0.265 e. The van der Waals surface area contributed by atoms with Crippen molar-refractivity contribution >= 4 is 10.9 Å². The molecule has 3 aromatic carbocycles. The van der Waals surface area contributed by atoms with Gasteiger partial charge in [0.1, 0.15) is 12.1 Å². The third-order valence-corrected chi connectivity index (χ3v) is 5.82. The molecule has 0 aliphatic carbocycles. The fraction of sp³-hybridized carbons (Fsp3) is 0.107. The Morgan fingerprint density at radius 2 is 1.61 bits per heavy atom. The SMILES string of the molecule is COc1cc2nccc(Oc3ccc(-c4cncn(-c5ccc(C)cc5)c4=O)cc3F)c2cc1OC. The number of benzene rings is 3. The number of hydrogen-bond donors (Lipinski definition) is 0. The van der Waals surface area contributed by atoms with Gasteiger partial charge in [0.2, 0.25) is 0 Å². The van der Waals surface area contributed by atoms with E-state index in [9.17, 15) is 4.79 Å². The van der Waals surface area contributed by atoms with Crippen molar-refractivity contribution < 1.29 is 18.6 Å². The minimum Gasteiger partial charge on any atom is -0.493 e. The second-order valence-electron chi connectivity index (χ2n) is 8.10. The lowest BCUT2D eigenvalue weighted by Gasteiger charge is -2.13. The number of fused-ring (bicyclic) bond motifs is 1. The molecule has 0 amide bonds. The van der Waals surface area contributed by atoms with Crippen molar-refractivity contribution in [3.63, 3.8) is 0 Å². The van der Waals surface area contributed by atoms with Crippen LogP contribution in [0.4, 0.5) is 4.39 Å². The number of ether oxygens (including phenoxy) is 3. The van der Waals surface area contributed by atoms with Crippen LogP contribution in [0, 0.1) is 12.7 Å². The van der Waals surface area contributed by atoms with Gasteiger partial charge in [0, 0.05) is 23.8 Å². The van der Waals surface area contributed by atoms with E-state index in [1.54, 1.807) is 37.6 Å². The lowest BCUT2D eigenvalue weighted by molar-refractivity contribution is 0.355. The summed E-state index contributed by atoms with van der Waals surface area (Å²) >= 11 is 0. The predicted molar refractivity (Wildman–Crippen MR) is 135 cm³/mol. The number of aromatic nitrogens is 3. The average molecular weight is 483 g/mol. The molecule has 0 atom stereocenters. The van der Waals surface area contributed by atoms with Crippen LogP contribution in [0.25, 0.3) is 27.7 Å². The van der Waals surface area contributed by atoms with E-state index in [2.05, 4.69) is 9.97 Å². The van der Waals surface area contributed by atoms with Crippen LogP contribution >= 0.6 is 0 Å². The molecule has 0 radical (unpaired) electrons. The average Bonchev–Trinajstić information content (AvgIpc) is 2.90. The standard InChI is InChI=1S/C28H22FN3O4/c1-17-4-7-19(8-5-17)32-16-30-15-21(28(32)33)18-6-9-25(22(29)12-18)36-24-10-11-31-23-14-27(35-3)26(34-2)13-20(23)24/h4-16H,1-3H3. The molecule has 2 aromatic heterocycles. The first kappa shape index (κ1) is 23.0. The number of aryl methyl sites for hydroxylation is 1. The molecule has 2 heterocycles. The van der Waals surface area contributed by atoms with Crippen LogP contribution in [0.3, 0.4) is 0 Å². The normalized spacial score (nSPS) is 10.9. The number of halogens is 1. The highest BCUT2D eigenvalue weighted by atomic mass is 19.1. The van der Waals surface area contributed by atoms with Crippen molar-refractivity contribution in [2.45, 2.75) is 6.92 Å². The van der Waals surface area contributed by atoms with Gasteiger partial charge in [0.15, 0.2) is 23.1 Å². The predicted octanol–water partition coefficient (Wildman–Crippen LogP) is 5.70. The van der Waals surface area contributed by atoms with Crippen LogP contribution in [-0.4, -0.2) is 28.8 Å². The van der Waals surface area contributed by atoms with Gasteiger partial charge in [0.25, 0.3) is 5.56 Å². The minimum atomic E-state index is -0.622. The topological polar surface area (TPSA) is 75.5 Å². The Bertz CT molecular complexity index is 1630. The van der Waals surface area contributed by atoms with Gasteiger partial charge in [-0.15, -0.1) is 0 Å². The molecule has 180 valence electrons. The molecular formula is C28H22FN3O4. The van der Waals surface area contributed by atoms with Crippen molar-refractivity contribution in [1.82, 2.24) is 14.5 Å². The molecule has 7 nitrogen and oxygen atoms in total. The van der Waals surface area contributed by atoms with Crippen LogP contribution in [0.15, 0.2) is 84.2 Å². The Morgan fingerprint density at radius 3 is 2.33 bits per heavy atom. The third-order valence-electron chi connectivity index (χ3n) is 5.82. The van der Waals surface area contributed by atoms with Crippen LogP contribution in [0.2, 0.25) is 0 Å². The summed E-state index contributed by atoms with van der Waals surface area (Å²) in [6.45, 7) is 1.97. The highest BCUT2D eigenvalue weighted by Crippen LogP contribution is 2.37. The zero-order valence-electron chi connectivity index (χ0n) is 19.9. The molecule has 5 rings (SSSR count). The second kappa shape index (κ2) is 9.50. The number of rotatable bonds is 6. The second-order valence-corrected chi connectivity index (χ2v) is 8.10. The quantitative estimate of drug-likeness (QED) is 0.308. The number of nitrogens with zero attached hydrogens (tertiary/aromatic N) is 3. The van der Waals surface area contributed by atoms with E-state index in [-0.39, 0.29) is 16.9 Å². The maximum Gasteiger partial charge on any atom is 0.265 e. The molecule has 0 aliphatic heterocycles. The fourth-order valence-corrected chi connectivity index (χ4v) is 3.91. The molecule has 0 aliphatic rings. The monoisotopic (exact) mass is 483 g/mol. The zero-order valence-corrected chi connectivity index (χ0v) is 19.9. The van der Waals surface area contributed by atoms with Crippen LogP contribution in [0.5, 0.6) is 23.0 Å². The lowest BCUT2D eigenvalue weighted by Crippen LogP contribution is -2.20. The van der Waals surface area contributed by atoms with Gasteiger partial charge in [-0.3, -0.25) is 14.3 Å². The van der Waals surface area contributed by atoms with E-state index in [1.807, 2.05) is 31.2 Å². The first-order chi connectivity index (χ1) is 17.5. The van der Waals surface area contributed by atoms with E-state index in [0.29, 0.717) is 39.4 Å². The van der Waals surface area contributed by atoms with E-state index < -0.39 is 5.82 Å². The van der Waals surface area contributed by atoms with Crippen LogP contribution in [-0.2, 0) is 0 Å². The summed E-state index contributed by atoms with van der Waals surface area (Å²) in [5, 5.41) is 0.631. The van der Waals surface area contributed by atoms with Crippen LogP contribution < -0.4 is 19.8 Å². The Kier molecular flexibility index (Phi) is 6.08. The van der Waals surface area contributed by atoms with Gasteiger partial charge in [-0.05, 0) is 48.9 Å². The molecule has 0 unspecified atom stereocenters. The van der Waals surface area contributed by atoms with Gasteiger partial charge in [-0.1, -0.05) is 23.8 Å². The summed E-state index contributed by atoms with van der Waals surface area (Å²) in [6.07, 6.45) is 4.44. The van der Waals surface area contributed by atoms with Gasteiger partial charge in [-0.25, -0.2) is 9.37 Å². The highest BCUT2D eigenvalue weighted by molar-refractivity contribution is 5.88. The van der Waals surface area contributed by atoms with Crippen molar-refractivity contribution in [2.75, 3.05) is 14.2 Å². The maximum absolute atomic E-state index is 15.2. The molecule has 0 saturated heterocycles. The third kappa shape index (κ3) is 4.24. The van der Waals surface area contributed by atoms with Gasteiger partial charge in [-0.2, -0.15) is 0 Å². The van der Waals surface area contributed by atoms with Crippen molar-refractivity contribution in [2.24, 2.45) is 0 Å². The fourth-order valence-electron chi connectivity index (χ4n) is 3.91. The summed E-state index contributed by atoms with van der Waals surface area (Å²) in [6, 6.07) is 17.0. The maximum atomic E-state index is 15.2. The molecule has 0 spiro atoms. The molecule has 36 heavy (non-hydrogen) atoms. The van der Waals surface area contributed by atoms with Gasteiger partial charge < -0.3 is 14.2 Å².